The van der Waals surface area contributed by atoms with Crippen molar-refractivity contribution in [3.63, 3.8) is 0 Å². The van der Waals surface area contributed by atoms with Gasteiger partial charge in [0, 0.05) is 0 Å². The second-order valence-electron chi connectivity index (χ2n) is 1.92. The van der Waals surface area contributed by atoms with E-state index >= 15 is 0 Å². The first-order valence-electron chi connectivity index (χ1n) is 2.98. The highest BCUT2D eigenvalue weighted by Crippen LogP contribution is 2.43. The Morgan fingerprint density at radius 1 is 1.00 bits per heavy atom. The van der Waals surface area contributed by atoms with Crippen molar-refractivity contribution in [2.45, 2.75) is 4.58 Å². The van der Waals surface area contributed by atoms with E-state index in [4.69, 9.17) is 21.4 Å². The van der Waals surface area contributed by atoms with Gasteiger partial charge >= 0.3 is 0 Å². The SMILES string of the molecule is ClSC(SCl)c1ccccc1. The molecule has 1 aromatic carbocycles. The van der Waals surface area contributed by atoms with E-state index in [1.807, 2.05) is 30.3 Å². The van der Waals surface area contributed by atoms with Crippen molar-refractivity contribution < 1.29 is 0 Å². The molecule has 11 heavy (non-hydrogen) atoms. The van der Waals surface area contributed by atoms with Crippen LogP contribution < -0.4 is 0 Å². The van der Waals surface area contributed by atoms with Gasteiger partial charge in [0.05, 0.1) is 0 Å². The molecule has 1 rings (SSSR count). The van der Waals surface area contributed by atoms with E-state index in [0.29, 0.717) is 0 Å². The minimum Gasteiger partial charge on any atom is -0.0622 e. The Kier molecular flexibility index (Phi) is 4.53. The summed E-state index contributed by atoms with van der Waals surface area (Å²) in [5.41, 5.74) is 1.15. The van der Waals surface area contributed by atoms with Crippen LogP contribution in [0.2, 0.25) is 0 Å². The Hall–Kier alpha value is 0.500. The smallest absolute Gasteiger partial charge is 0.0622 e. The zero-order valence-corrected chi connectivity index (χ0v) is 8.68. The average molecular weight is 225 g/mol. The molecule has 0 N–H and O–H groups in total. The summed E-state index contributed by atoms with van der Waals surface area (Å²) in [6.45, 7) is 0. The van der Waals surface area contributed by atoms with Crippen molar-refractivity contribution in [3.05, 3.63) is 35.9 Å². The van der Waals surface area contributed by atoms with Crippen LogP contribution in [0.3, 0.4) is 0 Å². The molecule has 0 saturated heterocycles. The highest BCUT2D eigenvalue weighted by Gasteiger charge is 2.09. The van der Waals surface area contributed by atoms with Gasteiger partial charge < -0.3 is 0 Å². The van der Waals surface area contributed by atoms with E-state index in [-0.39, 0.29) is 4.58 Å². The number of hydrogen-bond donors (Lipinski definition) is 0. The summed E-state index contributed by atoms with van der Waals surface area (Å²) in [6, 6.07) is 9.94. The molecule has 0 aliphatic carbocycles. The van der Waals surface area contributed by atoms with Crippen LogP contribution in [0.5, 0.6) is 0 Å². The first-order valence-corrected chi connectivity index (χ1v) is 6.39. The third-order valence-electron chi connectivity index (χ3n) is 1.23. The lowest BCUT2D eigenvalue weighted by atomic mass is 10.2. The zero-order chi connectivity index (χ0) is 8.10. The third-order valence-corrected chi connectivity index (χ3v) is 4.38. The van der Waals surface area contributed by atoms with Gasteiger partial charge in [-0.3, -0.25) is 0 Å². The van der Waals surface area contributed by atoms with Gasteiger partial charge in [0.1, 0.15) is 4.58 Å². The van der Waals surface area contributed by atoms with Gasteiger partial charge in [-0.25, -0.2) is 0 Å². The van der Waals surface area contributed by atoms with Crippen LogP contribution in [-0.4, -0.2) is 0 Å². The molecule has 0 fully saturated rings. The molecule has 0 aliphatic heterocycles. The van der Waals surface area contributed by atoms with Gasteiger partial charge in [-0.05, 0) is 48.9 Å². The summed E-state index contributed by atoms with van der Waals surface area (Å²) in [5.74, 6) is 0. The van der Waals surface area contributed by atoms with E-state index in [9.17, 15) is 0 Å². The molecule has 0 nitrogen and oxygen atoms in total. The van der Waals surface area contributed by atoms with Crippen molar-refractivity contribution in [1.82, 2.24) is 0 Å². The molecular formula is C7H6Cl2S2. The minimum absolute atomic E-state index is 0.125. The molecule has 0 heterocycles. The predicted octanol–water partition coefficient (Wildman–Crippen LogP) is 4.46. The molecule has 0 amide bonds. The lowest BCUT2D eigenvalue weighted by Crippen LogP contribution is -1.81. The summed E-state index contributed by atoms with van der Waals surface area (Å²) in [4.78, 5) is 0. The third kappa shape index (κ3) is 2.79. The van der Waals surface area contributed by atoms with Crippen molar-refractivity contribution in [3.8, 4) is 0 Å². The first kappa shape index (κ1) is 9.59. The van der Waals surface area contributed by atoms with Crippen LogP contribution in [0, 0.1) is 0 Å². The average Bonchev–Trinajstić information content (AvgIpc) is 2.09. The zero-order valence-electron chi connectivity index (χ0n) is 5.54. The van der Waals surface area contributed by atoms with Gasteiger partial charge in [-0.2, -0.15) is 0 Å². The fourth-order valence-electron chi connectivity index (χ4n) is 0.727. The van der Waals surface area contributed by atoms with Crippen molar-refractivity contribution in [2.24, 2.45) is 0 Å². The Morgan fingerprint density at radius 3 is 2.00 bits per heavy atom. The fourth-order valence-corrected chi connectivity index (χ4v) is 2.96. The molecule has 0 radical (unpaired) electrons. The largest absolute Gasteiger partial charge is 0.105 e. The molecule has 0 aliphatic rings. The normalized spacial score (nSPS) is 10.5. The molecule has 0 unspecified atom stereocenters. The molecular weight excluding hydrogens is 219 g/mol. The van der Waals surface area contributed by atoms with E-state index < -0.39 is 0 Å². The highest BCUT2D eigenvalue weighted by atomic mass is 35.7. The lowest BCUT2D eigenvalue weighted by molar-refractivity contribution is 1.40. The summed E-state index contributed by atoms with van der Waals surface area (Å²) < 4.78 is 0.125. The van der Waals surface area contributed by atoms with Crippen LogP contribution in [-0.2, 0) is 0 Å². The summed E-state index contributed by atoms with van der Waals surface area (Å²) in [6.07, 6.45) is 0. The molecule has 1 aromatic rings. The topological polar surface area (TPSA) is 0 Å². The summed E-state index contributed by atoms with van der Waals surface area (Å²) >= 11 is 0. The van der Waals surface area contributed by atoms with E-state index in [0.717, 1.165) is 5.56 Å². The predicted molar refractivity (Wildman–Crippen MR) is 56.1 cm³/mol. The standard InChI is InChI=1S/C7H6Cl2S2/c8-10-7(11-9)6-4-2-1-3-5-6/h1-5,7H. The Balaban J connectivity index is 2.74. The Labute approximate surface area is 83.7 Å². The Bertz CT molecular complexity index is 199. The monoisotopic (exact) mass is 224 g/mol. The molecule has 0 atom stereocenters. The quantitative estimate of drug-likeness (QED) is 0.696. The minimum atomic E-state index is 0.125. The van der Waals surface area contributed by atoms with Crippen LogP contribution in [0.25, 0.3) is 0 Å². The van der Waals surface area contributed by atoms with Crippen LogP contribution in [0.1, 0.15) is 10.1 Å². The number of halogens is 2. The maximum absolute atomic E-state index is 5.61. The van der Waals surface area contributed by atoms with Crippen LogP contribution >= 0.6 is 43.3 Å². The second kappa shape index (κ2) is 5.20. The van der Waals surface area contributed by atoms with Crippen molar-refractivity contribution in [1.29, 1.82) is 0 Å². The number of benzene rings is 1. The van der Waals surface area contributed by atoms with E-state index in [1.54, 1.807) is 0 Å². The first-order chi connectivity index (χ1) is 5.38. The fraction of sp³-hybridized carbons (Fsp3) is 0.143. The number of hydrogen-bond acceptors (Lipinski definition) is 2. The van der Waals surface area contributed by atoms with E-state index in [1.165, 1.54) is 22.0 Å². The second-order valence-corrected chi connectivity index (χ2v) is 4.59. The van der Waals surface area contributed by atoms with E-state index in [2.05, 4.69) is 0 Å². The van der Waals surface area contributed by atoms with Crippen molar-refractivity contribution >= 4 is 43.3 Å². The maximum Gasteiger partial charge on any atom is 0.105 e. The summed E-state index contributed by atoms with van der Waals surface area (Å²) in [5, 5.41) is 0. The molecule has 0 bridgehead atoms. The molecule has 0 spiro atoms. The summed E-state index contributed by atoms with van der Waals surface area (Å²) in [7, 11) is 13.7. The van der Waals surface area contributed by atoms with Gasteiger partial charge in [-0.1, -0.05) is 30.3 Å². The lowest BCUT2D eigenvalue weighted by Gasteiger charge is -2.06. The van der Waals surface area contributed by atoms with Crippen molar-refractivity contribution in [2.75, 3.05) is 0 Å². The van der Waals surface area contributed by atoms with Crippen LogP contribution in [0.4, 0.5) is 0 Å². The van der Waals surface area contributed by atoms with Crippen LogP contribution in [0.15, 0.2) is 30.3 Å². The van der Waals surface area contributed by atoms with Gasteiger partial charge in [0.25, 0.3) is 0 Å². The Morgan fingerprint density at radius 2 is 1.55 bits per heavy atom. The molecule has 0 saturated carbocycles. The molecule has 60 valence electrons. The van der Waals surface area contributed by atoms with Gasteiger partial charge in [-0.15, -0.1) is 0 Å². The molecule has 0 aromatic heterocycles. The molecule has 4 heteroatoms. The van der Waals surface area contributed by atoms with Gasteiger partial charge in [0.2, 0.25) is 0 Å². The maximum atomic E-state index is 5.61. The van der Waals surface area contributed by atoms with Gasteiger partial charge in [0.15, 0.2) is 0 Å². The number of rotatable bonds is 3. The highest BCUT2D eigenvalue weighted by molar-refractivity contribution is 8.35.